The molecule has 0 fully saturated rings. The summed E-state index contributed by atoms with van der Waals surface area (Å²) >= 11 is 0. The molecule has 5 heteroatoms. The molecule has 25 heavy (non-hydrogen) atoms. The van der Waals surface area contributed by atoms with Crippen LogP contribution in [0.15, 0.2) is 0 Å². The fourth-order valence-electron chi connectivity index (χ4n) is 2.89. The van der Waals surface area contributed by atoms with E-state index in [9.17, 15) is 0 Å². The molecule has 0 aliphatic heterocycles. The maximum absolute atomic E-state index is 8.36. The van der Waals surface area contributed by atoms with E-state index in [0.717, 1.165) is 0 Å². The van der Waals surface area contributed by atoms with E-state index in [2.05, 4.69) is 19.2 Å². The SMILES string of the molecule is CCCCCCCCCCNCCCCCCCCCC.O=[N+]([O-])O. The lowest BCUT2D eigenvalue weighted by molar-refractivity contribution is -0.742. The van der Waals surface area contributed by atoms with Gasteiger partial charge in [-0.1, -0.05) is 104 Å². The van der Waals surface area contributed by atoms with Gasteiger partial charge in [0.25, 0.3) is 5.09 Å². The largest absolute Gasteiger partial charge is 0.328 e. The van der Waals surface area contributed by atoms with Crippen LogP contribution >= 0.6 is 0 Å². The Balaban J connectivity index is 0. The standard InChI is InChI=1S/C20H43N.HNO3/c1-3-5-7-9-11-13-15-17-19-21-20-18-16-14-12-10-8-6-4-2;2-1(3)4/h21H,3-20H2,1-2H3;(H,2,3,4). The van der Waals surface area contributed by atoms with Gasteiger partial charge in [-0.2, -0.15) is 0 Å². The topological polar surface area (TPSA) is 75.4 Å². The summed E-state index contributed by atoms with van der Waals surface area (Å²) in [6.45, 7) is 7.06. The Kier molecular flexibility index (Phi) is 26.8. The summed E-state index contributed by atoms with van der Waals surface area (Å²) in [7, 11) is 0. The average Bonchev–Trinajstić information content (AvgIpc) is 2.57. The smallest absolute Gasteiger partial charge is 0.291 e. The summed E-state index contributed by atoms with van der Waals surface area (Å²) in [5, 5.41) is 17.2. The highest BCUT2D eigenvalue weighted by molar-refractivity contribution is 4.52. The summed E-state index contributed by atoms with van der Waals surface area (Å²) < 4.78 is 0. The first-order chi connectivity index (χ1) is 12.1. The van der Waals surface area contributed by atoms with Gasteiger partial charge in [0, 0.05) is 0 Å². The Labute approximate surface area is 156 Å². The zero-order chi connectivity index (χ0) is 19.0. The molecule has 5 nitrogen and oxygen atoms in total. The first-order valence-corrected chi connectivity index (χ1v) is 10.7. The van der Waals surface area contributed by atoms with Crippen LogP contribution in [0, 0.1) is 10.1 Å². The van der Waals surface area contributed by atoms with Crippen molar-refractivity contribution in [3.63, 3.8) is 0 Å². The monoisotopic (exact) mass is 360 g/mol. The van der Waals surface area contributed by atoms with Crippen molar-refractivity contribution in [2.24, 2.45) is 0 Å². The van der Waals surface area contributed by atoms with Gasteiger partial charge in [-0.25, -0.2) is 0 Å². The predicted molar refractivity (Wildman–Crippen MR) is 107 cm³/mol. The highest BCUT2D eigenvalue weighted by atomic mass is 16.9. The van der Waals surface area contributed by atoms with Gasteiger partial charge in [0.05, 0.1) is 0 Å². The molecule has 0 radical (unpaired) electrons. The average molecular weight is 361 g/mol. The summed E-state index contributed by atoms with van der Waals surface area (Å²) in [6.07, 6.45) is 22.8. The van der Waals surface area contributed by atoms with Crippen LogP contribution in [0.3, 0.4) is 0 Å². The molecular formula is C20H44N2O3. The summed E-state index contributed by atoms with van der Waals surface area (Å²) in [6, 6.07) is 0. The van der Waals surface area contributed by atoms with Gasteiger partial charge in [0.2, 0.25) is 0 Å². The van der Waals surface area contributed by atoms with Gasteiger partial charge < -0.3 is 10.5 Å². The van der Waals surface area contributed by atoms with E-state index >= 15 is 0 Å². The lowest BCUT2D eigenvalue weighted by Gasteiger charge is -2.05. The molecule has 0 unspecified atom stereocenters. The highest BCUT2D eigenvalue weighted by Gasteiger charge is 1.93. The van der Waals surface area contributed by atoms with Gasteiger partial charge in [0.1, 0.15) is 0 Å². The van der Waals surface area contributed by atoms with E-state index in [1.54, 1.807) is 0 Å². The molecule has 0 aromatic carbocycles. The fourth-order valence-corrected chi connectivity index (χ4v) is 2.89. The predicted octanol–water partition coefficient (Wildman–Crippen LogP) is 6.51. The number of rotatable bonds is 18. The number of hydrogen-bond acceptors (Lipinski definition) is 3. The molecule has 0 spiro atoms. The zero-order valence-corrected chi connectivity index (χ0v) is 16.9. The molecule has 0 rings (SSSR count). The zero-order valence-electron chi connectivity index (χ0n) is 16.9. The molecule has 0 saturated heterocycles. The van der Waals surface area contributed by atoms with E-state index in [1.165, 1.54) is 116 Å². The van der Waals surface area contributed by atoms with Crippen LogP contribution in [0.5, 0.6) is 0 Å². The minimum Gasteiger partial charge on any atom is -0.328 e. The van der Waals surface area contributed by atoms with E-state index < -0.39 is 5.09 Å². The van der Waals surface area contributed by atoms with Crippen LogP contribution in [0.1, 0.15) is 117 Å². The van der Waals surface area contributed by atoms with Crippen molar-refractivity contribution in [3.8, 4) is 0 Å². The molecule has 0 saturated carbocycles. The van der Waals surface area contributed by atoms with E-state index in [-0.39, 0.29) is 0 Å². The van der Waals surface area contributed by atoms with Crippen LogP contribution in [0.25, 0.3) is 0 Å². The maximum Gasteiger partial charge on any atom is 0.291 e. The van der Waals surface area contributed by atoms with Gasteiger partial charge in [-0.3, -0.25) is 0 Å². The van der Waals surface area contributed by atoms with Gasteiger partial charge in [-0.05, 0) is 25.9 Å². The highest BCUT2D eigenvalue weighted by Crippen LogP contribution is 2.09. The molecule has 0 amide bonds. The summed E-state index contributed by atoms with van der Waals surface area (Å²) in [5.41, 5.74) is 0. The lowest BCUT2D eigenvalue weighted by atomic mass is 10.1. The van der Waals surface area contributed by atoms with Crippen LogP contribution in [-0.2, 0) is 0 Å². The van der Waals surface area contributed by atoms with E-state index in [0.29, 0.717) is 0 Å². The number of nitrogens with zero attached hydrogens (tertiary/aromatic N) is 1. The van der Waals surface area contributed by atoms with Crippen LogP contribution in [0.2, 0.25) is 0 Å². The first-order valence-electron chi connectivity index (χ1n) is 10.7. The molecule has 2 N–H and O–H groups in total. The molecule has 0 bridgehead atoms. The van der Waals surface area contributed by atoms with Crippen LogP contribution < -0.4 is 5.32 Å². The molecule has 0 aliphatic rings. The van der Waals surface area contributed by atoms with Crippen molar-refractivity contribution in [1.82, 2.24) is 5.32 Å². The van der Waals surface area contributed by atoms with Crippen molar-refractivity contribution >= 4 is 0 Å². The fraction of sp³-hybridized carbons (Fsp3) is 1.00. The summed E-state index contributed by atoms with van der Waals surface area (Å²) in [5.74, 6) is 0. The van der Waals surface area contributed by atoms with Crippen molar-refractivity contribution in [3.05, 3.63) is 10.1 Å². The van der Waals surface area contributed by atoms with Crippen molar-refractivity contribution in [2.45, 2.75) is 117 Å². The minimum atomic E-state index is -1.50. The Morgan fingerprint density at radius 3 is 1.16 bits per heavy atom. The van der Waals surface area contributed by atoms with Crippen molar-refractivity contribution in [1.29, 1.82) is 0 Å². The van der Waals surface area contributed by atoms with Crippen molar-refractivity contribution < 1.29 is 10.3 Å². The second-order valence-corrected chi connectivity index (χ2v) is 6.94. The van der Waals surface area contributed by atoms with Gasteiger partial charge >= 0.3 is 0 Å². The Morgan fingerprint density at radius 2 is 0.880 bits per heavy atom. The molecule has 152 valence electrons. The second kappa shape index (κ2) is 25.4. The third kappa shape index (κ3) is 35.2. The maximum atomic E-state index is 8.36. The van der Waals surface area contributed by atoms with Crippen LogP contribution in [-0.4, -0.2) is 23.4 Å². The third-order valence-electron chi connectivity index (χ3n) is 4.41. The normalized spacial score (nSPS) is 10.3. The Hall–Kier alpha value is -0.840. The van der Waals surface area contributed by atoms with E-state index in [1.807, 2.05) is 0 Å². The number of unbranched alkanes of at least 4 members (excludes halogenated alkanes) is 14. The molecule has 0 atom stereocenters. The first kappa shape index (κ1) is 26.4. The molecular weight excluding hydrogens is 316 g/mol. The van der Waals surface area contributed by atoms with Gasteiger partial charge in [-0.15, -0.1) is 10.1 Å². The third-order valence-corrected chi connectivity index (χ3v) is 4.41. The quantitative estimate of drug-likeness (QED) is 0.166. The lowest BCUT2D eigenvalue weighted by Crippen LogP contribution is -2.16. The molecule has 0 aromatic heterocycles. The molecule has 0 aliphatic carbocycles. The molecule has 0 heterocycles. The summed E-state index contributed by atoms with van der Waals surface area (Å²) in [4.78, 5) is 8.36. The van der Waals surface area contributed by atoms with E-state index in [4.69, 9.17) is 15.3 Å². The van der Waals surface area contributed by atoms with Crippen molar-refractivity contribution in [2.75, 3.05) is 13.1 Å². The Bertz CT molecular complexity index is 229. The Morgan fingerprint density at radius 1 is 0.640 bits per heavy atom. The second-order valence-electron chi connectivity index (χ2n) is 6.94. The molecule has 0 aromatic rings. The number of hydrogen-bond donors (Lipinski definition) is 2. The number of nitrogens with one attached hydrogen (secondary N) is 1. The van der Waals surface area contributed by atoms with Crippen LogP contribution in [0.4, 0.5) is 0 Å². The van der Waals surface area contributed by atoms with Gasteiger partial charge in [0.15, 0.2) is 0 Å². The minimum absolute atomic E-state index is 1.24.